The summed E-state index contributed by atoms with van der Waals surface area (Å²) in [5.41, 5.74) is -0.0608. The fourth-order valence-electron chi connectivity index (χ4n) is 1.13. The van der Waals surface area contributed by atoms with Crippen LogP contribution in [-0.4, -0.2) is 11.7 Å². The van der Waals surface area contributed by atoms with Crippen molar-refractivity contribution in [2.45, 2.75) is 38.4 Å². The second-order valence-electron chi connectivity index (χ2n) is 2.40. The van der Waals surface area contributed by atoms with Crippen LogP contribution in [0.2, 0.25) is 0 Å². The molecule has 0 amide bonds. The number of ether oxygens (including phenoxy) is 1. The molecule has 9 heavy (non-hydrogen) atoms. The Labute approximate surface area is 55.4 Å². The van der Waals surface area contributed by atoms with Crippen LogP contribution in [0.15, 0.2) is 0 Å². The molecule has 0 N–H and O–H groups in total. The first kappa shape index (κ1) is 6.57. The molecule has 0 aliphatic carbocycles. The van der Waals surface area contributed by atoms with Gasteiger partial charge in [-0.25, -0.2) is 0 Å². The van der Waals surface area contributed by atoms with Crippen LogP contribution < -0.4 is 0 Å². The van der Waals surface area contributed by atoms with Crippen molar-refractivity contribution < 1.29 is 4.74 Å². The molecule has 50 valence electrons. The van der Waals surface area contributed by atoms with Crippen molar-refractivity contribution in [1.82, 2.24) is 0 Å². The lowest BCUT2D eigenvalue weighted by atomic mass is 10.0. The van der Waals surface area contributed by atoms with Gasteiger partial charge in [-0.15, -0.1) is 0 Å². The molecule has 1 aliphatic rings. The van der Waals surface area contributed by atoms with Crippen molar-refractivity contribution in [3.63, 3.8) is 0 Å². The number of rotatable bonds is 2. The van der Waals surface area contributed by atoms with Crippen LogP contribution >= 0.6 is 0 Å². The molecule has 2 nitrogen and oxygen atoms in total. The fraction of sp³-hybridized carbons (Fsp3) is 0.857. The van der Waals surface area contributed by atoms with Crippen LogP contribution in [0.1, 0.15) is 26.7 Å². The smallest absolute Gasteiger partial charge is 0.173 e. The van der Waals surface area contributed by atoms with E-state index >= 15 is 0 Å². The van der Waals surface area contributed by atoms with Gasteiger partial charge in [0.1, 0.15) is 5.60 Å². The van der Waals surface area contributed by atoms with Gasteiger partial charge in [0, 0.05) is 0 Å². The lowest BCUT2D eigenvalue weighted by Gasteiger charge is -2.00. The highest BCUT2D eigenvalue weighted by atomic mass is 16.6. The molecule has 0 aromatic carbocycles. The van der Waals surface area contributed by atoms with Gasteiger partial charge in [0.15, 0.2) is 6.10 Å². The van der Waals surface area contributed by atoms with E-state index in [1.165, 1.54) is 0 Å². The third kappa shape index (κ3) is 0.818. The van der Waals surface area contributed by atoms with E-state index in [2.05, 4.69) is 19.9 Å². The number of hydrogen-bond acceptors (Lipinski definition) is 2. The molecule has 0 bridgehead atoms. The van der Waals surface area contributed by atoms with E-state index < -0.39 is 0 Å². The Morgan fingerprint density at radius 2 is 2.11 bits per heavy atom. The maximum atomic E-state index is 8.43. The molecule has 0 spiro atoms. The predicted octanol–water partition coefficient (Wildman–Crippen LogP) is 1.47. The zero-order valence-corrected chi connectivity index (χ0v) is 5.85. The third-order valence-electron chi connectivity index (χ3n) is 2.09. The molecule has 1 atom stereocenters. The van der Waals surface area contributed by atoms with E-state index in [9.17, 15) is 0 Å². The summed E-state index contributed by atoms with van der Waals surface area (Å²) in [6.45, 7) is 4.11. The Bertz CT molecular complexity index is 143. The molecular formula is C7H11NO. The first-order valence-electron chi connectivity index (χ1n) is 3.36. The van der Waals surface area contributed by atoms with Gasteiger partial charge in [-0.2, -0.15) is 5.26 Å². The summed E-state index contributed by atoms with van der Waals surface area (Å²) in [5.74, 6) is 0. The molecule has 1 fully saturated rings. The van der Waals surface area contributed by atoms with Crippen LogP contribution in [0, 0.1) is 11.3 Å². The van der Waals surface area contributed by atoms with Crippen molar-refractivity contribution >= 4 is 0 Å². The topological polar surface area (TPSA) is 36.3 Å². The quantitative estimate of drug-likeness (QED) is 0.524. The van der Waals surface area contributed by atoms with Crippen molar-refractivity contribution in [2.75, 3.05) is 0 Å². The summed E-state index contributed by atoms with van der Waals surface area (Å²) < 4.78 is 5.19. The minimum Gasteiger partial charge on any atom is -0.350 e. The highest BCUT2D eigenvalue weighted by Gasteiger charge is 2.53. The molecular weight excluding hydrogens is 114 g/mol. The predicted molar refractivity (Wildman–Crippen MR) is 33.8 cm³/mol. The van der Waals surface area contributed by atoms with Crippen LogP contribution in [-0.2, 0) is 4.74 Å². The normalized spacial score (nSPS) is 29.2. The highest BCUT2D eigenvalue weighted by molar-refractivity contribution is 5.12. The summed E-state index contributed by atoms with van der Waals surface area (Å²) in [6, 6.07) is 2.11. The Balaban J connectivity index is 2.49. The zero-order valence-electron chi connectivity index (χ0n) is 5.85. The van der Waals surface area contributed by atoms with E-state index in [0.717, 1.165) is 12.8 Å². The fourth-order valence-corrected chi connectivity index (χ4v) is 1.13. The molecule has 0 aromatic rings. The number of epoxide rings is 1. The lowest BCUT2D eigenvalue weighted by Crippen LogP contribution is -2.10. The number of hydrogen-bond donors (Lipinski definition) is 0. The molecule has 0 radical (unpaired) electrons. The second-order valence-corrected chi connectivity index (χ2v) is 2.40. The van der Waals surface area contributed by atoms with E-state index in [1.807, 2.05) is 0 Å². The van der Waals surface area contributed by atoms with Gasteiger partial charge in [-0.3, -0.25) is 0 Å². The number of nitriles is 1. The van der Waals surface area contributed by atoms with Gasteiger partial charge >= 0.3 is 0 Å². The molecule has 0 saturated carbocycles. The van der Waals surface area contributed by atoms with Gasteiger partial charge in [-0.05, 0) is 12.8 Å². The van der Waals surface area contributed by atoms with E-state index in [4.69, 9.17) is 10.00 Å². The first-order valence-corrected chi connectivity index (χ1v) is 3.36. The molecule has 1 unspecified atom stereocenters. The lowest BCUT2D eigenvalue weighted by molar-refractivity contribution is 0.284. The molecule has 2 heteroatoms. The Hall–Kier alpha value is -0.550. The zero-order chi connectivity index (χ0) is 6.91. The van der Waals surface area contributed by atoms with Crippen LogP contribution in [0.5, 0.6) is 0 Å². The van der Waals surface area contributed by atoms with Crippen molar-refractivity contribution in [2.24, 2.45) is 0 Å². The minimum atomic E-state index is -0.118. The maximum absolute atomic E-state index is 8.43. The summed E-state index contributed by atoms with van der Waals surface area (Å²) in [4.78, 5) is 0. The van der Waals surface area contributed by atoms with Gasteiger partial charge in [0.2, 0.25) is 0 Å². The summed E-state index contributed by atoms with van der Waals surface area (Å²) in [5, 5.41) is 8.43. The van der Waals surface area contributed by atoms with Crippen molar-refractivity contribution in [1.29, 1.82) is 5.26 Å². The molecule has 1 rings (SSSR count). The van der Waals surface area contributed by atoms with Gasteiger partial charge in [0.25, 0.3) is 0 Å². The SMILES string of the molecule is CCC1(CC)OC1C#N. The molecule has 1 heterocycles. The number of nitrogens with zero attached hydrogens (tertiary/aromatic N) is 1. The Morgan fingerprint density at radius 3 is 2.22 bits per heavy atom. The molecule has 1 saturated heterocycles. The van der Waals surface area contributed by atoms with Crippen LogP contribution in [0.25, 0.3) is 0 Å². The summed E-state index contributed by atoms with van der Waals surface area (Å²) in [6.07, 6.45) is 1.80. The minimum absolute atomic E-state index is 0.0608. The second kappa shape index (κ2) is 2.00. The van der Waals surface area contributed by atoms with Crippen LogP contribution in [0.4, 0.5) is 0 Å². The first-order chi connectivity index (χ1) is 4.29. The van der Waals surface area contributed by atoms with Crippen molar-refractivity contribution in [3.8, 4) is 6.07 Å². The standard InChI is InChI=1S/C7H11NO/c1-3-7(4-2)6(5-8)9-7/h6H,3-4H2,1-2H3. The van der Waals surface area contributed by atoms with Crippen LogP contribution in [0.3, 0.4) is 0 Å². The van der Waals surface area contributed by atoms with Gasteiger partial charge in [0.05, 0.1) is 6.07 Å². The maximum Gasteiger partial charge on any atom is 0.173 e. The van der Waals surface area contributed by atoms with Gasteiger partial charge in [-0.1, -0.05) is 13.8 Å². The Kier molecular flexibility index (Phi) is 1.46. The molecule has 0 aromatic heterocycles. The average Bonchev–Trinajstić information content (AvgIpc) is 2.63. The van der Waals surface area contributed by atoms with Crippen molar-refractivity contribution in [3.05, 3.63) is 0 Å². The highest BCUT2D eigenvalue weighted by Crippen LogP contribution is 2.41. The molecule has 1 aliphatic heterocycles. The van der Waals surface area contributed by atoms with Gasteiger partial charge < -0.3 is 4.74 Å². The van der Waals surface area contributed by atoms with E-state index in [1.54, 1.807) is 0 Å². The Morgan fingerprint density at radius 1 is 1.56 bits per heavy atom. The average molecular weight is 125 g/mol. The summed E-state index contributed by atoms with van der Waals surface area (Å²) in [7, 11) is 0. The van der Waals surface area contributed by atoms with E-state index in [0.29, 0.717) is 0 Å². The largest absolute Gasteiger partial charge is 0.350 e. The third-order valence-corrected chi connectivity index (χ3v) is 2.09. The van der Waals surface area contributed by atoms with E-state index in [-0.39, 0.29) is 11.7 Å². The summed E-state index contributed by atoms with van der Waals surface area (Å²) >= 11 is 0. The monoisotopic (exact) mass is 125 g/mol.